The second kappa shape index (κ2) is 7.74. The van der Waals surface area contributed by atoms with Crippen LogP contribution in [0.15, 0.2) is 24.7 Å². The average Bonchev–Trinajstić information content (AvgIpc) is 3.47. The monoisotopic (exact) mass is 438 g/mol. The van der Waals surface area contributed by atoms with Crippen LogP contribution in [0.3, 0.4) is 0 Å². The Morgan fingerprint density at radius 2 is 2.23 bits per heavy atom. The minimum Gasteiger partial charge on any atom is -0.395 e. The third kappa shape index (κ3) is 3.42. The number of fused-ring (bicyclic) bond motifs is 2. The second-order valence-corrected chi connectivity index (χ2v) is 9.50. The predicted octanol–water partition coefficient (Wildman–Crippen LogP) is 2.78. The number of aromatic nitrogens is 4. The summed E-state index contributed by atoms with van der Waals surface area (Å²) in [6.45, 7) is 8.31. The van der Waals surface area contributed by atoms with E-state index in [1.807, 2.05) is 24.1 Å². The van der Waals surface area contributed by atoms with Gasteiger partial charge in [-0.1, -0.05) is 13.8 Å². The first-order valence-corrected chi connectivity index (χ1v) is 11.4. The molecule has 0 saturated carbocycles. The van der Waals surface area contributed by atoms with Crippen LogP contribution < -0.4 is 5.32 Å². The minimum absolute atomic E-state index is 0.0330. The Labute approximate surface area is 183 Å². The number of piperazine rings is 1. The first kappa shape index (κ1) is 20.2. The van der Waals surface area contributed by atoms with Gasteiger partial charge in [0.05, 0.1) is 27.4 Å². The number of hydrogen-bond donors (Lipinski definition) is 3. The molecule has 0 spiro atoms. The number of H-pyrrole nitrogens is 1. The number of rotatable bonds is 4. The van der Waals surface area contributed by atoms with Crippen LogP contribution >= 0.6 is 11.3 Å². The number of nitrogens with one attached hydrogen (secondary N) is 2. The SMILES string of the molecule is Cc1cc(-c2[nH]c3cc(C(=O)N4CCN[C@@H](CO)C4)sc3c2C(C)C)cn2ncnc12. The molecule has 1 atom stereocenters. The fourth-order valence-electron chi connectivity index (χ4n) is 4.40. The van der Waals surface area contributed by atoms with Crippen molar-refractivity contribution in [2.24, 2.45) is 0 Å². The van der Waals surface area contributed by atoms with Gasteiger partial charge in [0.1, 0.15) is 6.33 Å². The zero-order chi connectivity index (χ0) is 21.7. The lowest BCUT2D eigenvalue weighted by Gasteiger charge is -2.32. The van der Waals surface area contributed by atoms with E-state index in [1.165, 1.54) is 5.56 Å². The van der Waals surface area contributed by atoms with Gasteiger partial charge in [0.15, 0.2) is 5.65 Å². The van der Waals surface area contributed by atoms with E-state index in [2.05, 4.69) is 40.3 Å². The maximum absolute atomic E-state index is 13.1. The Morgan fingerprint density at radius 1 is 1.39 bits per heavy atom. The number of aliphatic hydroxyl groups excluding tert-OH is 1. The zero-order valence-corrected chi connectivity index (χ0v) is 18.7. The Kier molecular flexibility index (Phi) is 5.04. The van der Waals surface area contributed by atoms with Gasteiger partial charge in [0.25, 0.3) is 5.91 Å². The third-order valence-electron chi connectivity index (χ3n) is 5.90. The summed E-state index contributed by atoms with van der Waals surface area (Å²) >= 11 is 1.55. The molecule has 1 aliphatic heterocycles. The van der Waals surface area contributed by atoms with Crippen molar-refractivity contribution in [3.8, 4) is 11.3 Å². The quantitative estimate of drug-likeness (QED) is 0.455. The van der Waals surface area contributed by atoms with Crippen LogP contribution in [0.1, 0.15) is 40.6 Å². The van der Waals surface area contributed by atoms with E-state index in [9.17, 15) is 9.90 Å². The van der Waals surface area contributed by atoms with Gasteiger partial charge in [-0.3, -0.25) is 4.79 Å². The number of aryl methyl sites for hydroxylation is 1. The molecule has 0 aromatic carbocycles. The Morgan fingerprint density at radius 3 is 3.00 bits per heavy atom. The highest BCUT2D eigenvalue weighted by molar-refractivity contribution is 7.21. The summed E-state index contributed by atoms with van der Waals surface area (Å²) in [5.41, 5.74) is 6.24. The normalized spacial score (nSPS) is 17.3. The third-order valence-corrected chi connectivity index (χ3v) is 7.06. The first-order chi connectivity index (χ1) is 15.0. The molecule has 31 heavy (non-hydrogen) atoms. The van der Waals surface area contributed by atoms with E-state index in [1.54, 1.807) is 22.2 Å². The Balaban J connectivity index is 1.55. The molecule has 4 aromatic rings. The molecule has 162 valence electrons. The van der Waals surface area contributed by atoms with Crippen LogP contribution in [0.25, 0.3) is 27.1 Å². The van der Waals surface area contributed by atoms with Crippen LogP contribution in [-0.2, 0) is 0 Å². The fraction of sp³-hybridized carbons (Fsp3) is 0.409. The van der Waals surface area contributed by atoms with Crippen molar-refractivity contribution in [2.75, 3.05) is 26.2 Å². The number of pyridine rings is 1. The predicted molar refractivity (Wildman–Crippen MR) is 122 cm³/mol. The Hall–Kier alpha value is -2.75. The fourth-order valence-corrected chi connectivity index (χ4v) is 5.68. The molecule has 4 aromatic heterocycles. The summed E-state index contributed by atoms with van der Waals surface area (Å²) < 4.78 is 2.93. The van der Waals surface area contributed by atoms with Crippen LogP contribution in [0.5, 0.6) is 0 Å². The number of aliphatic hydroxyl groups is 1. The van der Waals surface area contributed by atoms with Gasteiger partial charge < -0.3 is 20.3 Å². The van der Waals surface area contributed by atoms with Gasteiger partial charge in [0.2, 0.25) is 0 Å². The van der Waals surface area contributed by atoms with Gasteiger partial charge in [-0.25, -0.2) is 9.50 Å². The van der Waals surface area contributed by atoms with Crippen molar-refractivity contribution in [1.82, 2.24) is 29.8 Å². The van der Waals surface area contributed by atoms with E-state index >= 15 is 0 Å². The number of aromatic amines is 1. The van der Waals surface area contributed by atoms with E-state index in [0.29, 0.717) is 19.6 Å². The van der Waals surface area contributed by atoms with Crippen molar-refractivity contribution in [1.29, 1.82) is 0 Å². The van der Waals surface area contributed by atoms with E-state index in [-0.39, 0.29) is 24.5 Å². The molecule has 1 aliphatic rings. The number of carbonyl (C=O) groups excluding carboxylic acids is 1. The van der Waals surface area contributed by atoms with E-state index in [4.69, 9.17) is 0 Å². The van der Waals surface area contributed by atoms with Crippen LogP contribution in [0.4, 0.5) is 0 Å². The lowest BCUT2D eigenvalue weighted by atomic mass is 9.99. The number of hydrogen-bond acceptors (Lipinski definition) is 6. The standard InChI is InChI=1S/C22H26N6O2S/c1-12(2)18-19(14-6-13(3)21-24-11-25-28(21)8-14)26-16-7-17(31-20(16)18)22(30)27-5-4-23-15(9-27)10-29/h6-8,11-12,15,23,26,29H,4-5,9-10H2,1-3H3/t15-/m1/s1. The molecule has 9 heteroatoms. The molecule has 1 saturated heterocycles. The summed E-state index contributed by atoms with van der Waals surface area (Å²) in [4.78, 5) is 23.6. The smallest absolute Gasteiger partial charge is 0.264 e. The molecule has 1 amide bonds. The van der Waals surface area contributed by atoms with Crippen LogP contribution in [0, 0.1) is 6.92 Å². The van der Waals surface area contributed by atoms with Gasteiger partial charge in [-0.15, -0.1) is 11.3 Å². The number of thiophene rings is 1. The lowest BCUT2D eigenvalue weighted by molar-refractivity contribution is 0.0676. The largest absolute Gasteiger partial charge is 0.395 e. The highest BCUT2D eigenvalue weighted by Crippen LogP contribution is 2.40. The highest BCUT2D eigenvalue weighted by Gasteiger charge is 2.27. The molecule has 5 rings (SSSR count). The van der Waals surface area contributed by atoms with Crippen molar-refractivity contribution in [3.63, 3.8) is 0 Å². The first-order valence-electron chi connectivity index (χ1n) is 10.6. The number of carbonyl (C=O) groups is 1. The molecular weight excluding hydrogens is 412 g/mol. The van der Waals surface area contributed by atoms with E-state index < -0.39 is 0 Å². The van der Waals surface area contributed by atoms with Gasteiger partial charge >= 0.3 is 0 Å². The van der Waals surface area contributed by atoms with E-state index in [0.717, 1.165) is 37.6 Å². The van der Waals surface area contributed by atoms with Gasteiger partial charge in [-0.05, 0) is 36.1 Å². The number of nitrogens with zero attached hydrogens (tertiary/aromatic N) is 4. The summed E-state index contributed by atoms with van der Waals surface area (Å²) in [7, 11) is 0. The molecule has 0 aliphatic carbocycles. The molecule has 8 nitrogen and oxygen atoms in total. The van der Waals surface area contributed by atoms with Crippen molar-refractivity contribution >= 4 is 33.1 Å². The maximum atomic E-state index is 13.1. The zero-order valence-electron chi connectivity index (χ0n) is 17.8. The molecule has 1 fully saturated rings. The van der Waals surface area contributed by atoms with Crippen molar-refractivity contribution in [2.45, 2.75) is 32.7 Å². The summed E-state index contributed by atoms with van der Waals surface area (Å²) in [5.74, 6) is 0.320. The molecule has 0 radical (unpaired) electrons. The molecule has 3 N–H and O–H groups in total. The summed E-state index contributed by atoms with van der Waals surface area (Å²) in [5, 5.41) is 17.0. The summed E-state index contributed by atoms with van der Waals surface area (Å²) in [6.07, 6.45) is 3.57. The van der Waals surface area contributed by atoms with Gasteiger partial charge in [0, 0.05) is 37.4 Å². The highest BCUT2D eigenvalue weighted by atomic mass is 32.1. The molecule has 0 bridgehead atoms. The van der Waals surface area contributed by atoms with Crippen molar-refractivity contribution < 1.29 is 9.90 Å². The maximum Gasteiger partial charge on any atom is 0.264 e. The van der Waals surface area contributed by atoms with Gasteiger partial charge in [-0.2, -0.15) is 5.10 Å². The summed E-state index contributed by atoms with van der Waals surface area (Å²) in [6, 6.07) is 4.04. The average molecular weight is 439 g/mol. The lowest BCUT2D eigenvalue weighted by Crippen LogP contribution is -2.53. The number of amides is 1. The molecule has 0 unspecified atom stereocenters. The minimum atomic E-state index is -0.0599. The van der Waals surface area contributed by atoms with Crippen molar-refractivity contribution in [3.05, 3.63) is 40.7 Å². The molecule has 5 heterocycles. The van der Waals surface area contributed by atoms with Crippen LogP contribution in [0.2, 0.25) is 0 Å². The van der Waals surface area contributed by atoms with Crippen LogP contribution in [-0.4, -0.2) is 67.8 Å². The topological polar surface area (TPSA) is 98.5 Å². The molecular formula is C22H26N6O2S. The Bertz CT molecular complexity index is 1270. The second-order valence-electron chi connectivity index (χ2n) is 8.45.